The summed E-state index contributed by atoms with van der Waals surface area (Å²) < 4.78 is 5.43. The number of aromatic nitrogens is 8. The second-order valence-corrected chi connectivity index (χ2v) is 16.9. The summed E-state index contributed by atoms with van der Waals surface area (Å²) in [6.45, 7) is 8.46. The number of halogens is 4. The number of ether oxygens (including phenoxy) is 1. The van der Waals surface area contributed by atoms with Crippen LogP contribution in [0, 0.1) is 0 Å². The van der Waals surface area contributed by atoms with Crippen LogP contribution in [0.3, 0.4) is 0 Å². The van der Waals surface area contributed by atoms with E-state index in [1.807, 2.05) is 48.5 Å². The van der Waals surface area contributed by atoms with Crippen LogP contribution in [-0.2, 0) is 36.8 Å². The molecular weight excluding hydrogens is 910 g/mol. The molecule has 2 aromatic heterocycles. The van der Waals surface area contributed by atoms with Crippen LogP contribution in [0.1, 0.15) is 45.7 Å². The van der Waals surface area contributed by atoms with E-state index in [4.69, 9.17) is 51.1 Å². The maximum Gasteiger partial charge on any atom is 0.323 e. The number of aromatic amines is 2. The van der Waals surface area contributed by atoms with Crippen LogP contribution >= 0.6 is 46.4 Å². The molecular formula is C42H44Cl4N12O6. The number of carbonyl (C=O) groups excluding carboxylic acids is 3. The van der Waals surface area contributed by atoms with Gasteiger partial charge in [-0.15, -0.1) is 10.2 Å². The first-order valence-corrected chi connectivity index (χ1v) is 21.0. The van der Waals surface area contributed by atoms with Gasteiger partial charge in [0.1, 0.15) is 17.7 Å². The van der Waals surface area contributed by atoms with E-state index in [1.165, 1.54) is 6.92 Å². The third-order valence-electron chi connectivity index (χ3n) is 9.09. The van der Waals surface area contributed by atoms with Crippen molar-refractivity contribution in [3.8, 4) is 22.3 Å². The number of carbonyl (C=O) groups is 4. The van der Waals surface area contributed by atoms with E-state index in [0.29, 0.717) is 26.5 Å². The van der Waals surface area contributed by atoms with Crippen LogP contribution in [0.5, 0.6) is 0 Å². The number of aliphatic carboxylic acids is 1. The van der Waals surface area contributed by atoms with E-state index in [-0.39, 0.29) is 18.3 Å². The maximum absolute atomic E-state index is 12.9. The van der Waals surface area contributed by atoms with Crippen molar-refractivity contribution in [2.45, 2.75) is 77.2 Å². The lowest BCUT2D eigenvalue weighted by atomic mass is 10.00. The summed E-state index contributed by atoms with van der Waals surface area (Å²) >= 11 is 24.7. The van der Waals surface area contributed by atoms with Crippen LogP contribution in [0.2, 0.25) is 20.1 Å². The highest BCUT2D eigenvalue weighted by atomic mass is 35.5. The quantitative estimate of drug-likeness (QED) is 0.0491. The van der Waals surface area contributed by atoms with Crippen LogP contribution in [0.25, 0.3) is 22.3 Å². The highest BCUT2D eigenvalue weighted by Crippen LogP contribution is 2.32. The van der Waals surface area contributed by atoms with Crippen molar-refractivity contribution in [2.24, 2.45) is 0 Å². The van der Waals surface area contributed by atoms with Gasteiger partial charge in [-0.1, -0.05) is 105 Å². The number of carboxylic acid groups (broad SMARTS) is 1. The molecule has 0 aliphatic heterocycles. The van der Waals surface area contributed by atoms with Crippen molar-refractivity contribution in [2.75, 3.05) is 10.6 Å². The number of hydrogen-bond donors (Lipinski definition) is 7. The molecule has 4 aromatic carbocycles. The Morgan fingerprint density at radius 3 is 1.41 bits per heavy atom. The Labute approximate surface area is 387 Å². The van der Waals surface area contributed by atoms with Crippen LogP contribution in [0.15, 0.2) is 84.9 Å². The first kappa shape index (κ1) is 49.0. The standard InChI is InChI=1S/C23H26Cl2N6O3.C19H18Cl2N6O3/c1-13(21(33)34-23(2,3)4)26-19(20(32)27-22-28-30-31-29-22)11-14-5-7-15(8-6-14)17-12-16(24)9-10-18(17)25;1-10(18(29)30)22-16(17(28)23-19-24-26-27-25-19)8-11-2-4-12(5-3-11)14-9-13(20)6-7-15(14)21/h5-10,12-13,19,26H,11H2,1-4H3,(H2,27,28,29,30,31,32);2-7,9-10,16,22H,8H2,1H3,(H,29,30)(H2,23,24,25,26,27,28)/t13-,19-;10-,16-/m00/s1. The average molecular weight is 955 g/mol. The molecule has 0 saturated heterocycles. The summed E-state index contributed by atoms with van der Waals surface area (Å²) in [6.07, 6.45) is 0.533. The first-order chi connectivity index (χ1) is 30.3. The molecule has 0 saturated carbocycles. The fourth-order valence-corrected chi connectivity index (χ4v) is 6.76. The van der Waals surface area contributed by atoms with Crippen molar-refractivity contribution >= 4 is 82.1 Å². The number of carboxylic acids is 1. The van der Waals surface area contributed by atoms with Crippen LogP contribution in [0.4, 0.5) is 11.9 Å². The Kier molecular flexibility index (Phi) is 17.3. The van der Waals surface area contributed by atoms with Crippen molar-refractivity contribution in [3.63, 3.8) is 0 Å². The topological polar surface area (TPSA) is 255 Å². The van der Waals surface area contributed by atoms with Gasteiger partial charge in [-0.3, -0.25) is 40.4 Å². The molecule has 4 atom stereocenters. The second kappa shape index (κ2) is 22.6. The van der Waals surface area contributed by atoms with Gasteiger partial charge in [0, 0.05) is 31.2 Å². The minimum absolute atomic E-state index is 0.000671. The fourth-order valence-electron chi connectivity index (χ4n) is 5.96. The van der Waals surface area contributed by atoms with E-state index in [9.17, 15) is 24.3 Å². The van der Waals surface area contributed by atoms with Crippen molar-refractivity contribution < 1.29 is 29.0 Å². The summed E-state index contributed by atoms with van der Waals surface area (Å²) in [5, 5.41) is 48.6. The molecule has 6 aromatic rings. The zero-order valence-electron chi connectivity index (χ0n) is 35.0. The number of esters is 1. The molecule has 0 aliphatic rings. The third-order valence-corrected chi connectivity index (χ3v) is 10.2. The highest BCUT2D eigenvalue weighted by molar-refractivity contribution is 6.36. The number of tetrazole rings is 2. The van der Waals surface area contributed by atoms with Gasteiger partial charge >= 0.3 is 11.9 Å². The maximum atomic E-state index is 12.9. The molecule has 336 valence electrons. The minimum Gasteiger partial charge on any atom is -0.480 e. The number of hydrogen-bond acceptors (Lipinski definition) is 13. The summed E-state index contributed by atoms with van der Waals surface area (Å²) in [6, 6.07) is 22.2. The van der Waals surface area contributed by atoms with E-state index in [0.717, 1.165) is 33.4 Å². The van der Waals surface area contributed by atoms with Gasteiger partial charge in [0.2, 0.25) is 11.8 Å². The number of anilines is 2. The number of rotatable bonds is 16. The van der Waals surface area contributed by atoms with E-state index in [2.05, 4.69) is 62.5 Å². The predicted molar refractivity (Wildman–Crippen MR) is 243 cm³/mol. The molecule has 0 fully saturated rings. The zero-order valence-corrected chi connectivity index (χ0v) is 38.0. The first-order valence-electron chi connectivity index (χ1n) is 19.5. The van der Waals surface area contributed by atoms with Gasteiger partial charge in [0.15, 0.2) is 0 Å². The number of amides is 2. The van der Waals surface area contributed by atoms with E-state index in [1.54, 1.807) is 64.1 Å². The monoisotopic (exact) mass is 952 g/mol. The molecule has 0 aliphatic carbocycles. The van der Waals surface area contributed by atoms with E-state index < -0.39 is 53.5 Å². The fraction of sp³-hybridized carbons (Fsp3) is 0.286. The molecule has 2 amide bonds. The van der Waals surface area contributed by atoms with Crippen molar-refractivity contribution in [1.29, 1.82) is 0 Å². The van der Waals surface area contributed by atoms with E-state index >= 15 is 0 Å². The summed E-state index contributed by atoms with van der Waals surface area (Å²) in [5.74, 6) is -2.40. The lowest BCUT2D eigenvalue weighted by Gasteiger charge is -2.25. The van der Waals surface area contributed by atoms with Gasteiger partial charge in [-0.2, -0.15) is 10.4 Å². The Morgan fingerprint density at radius 2 is 1.05 bits per heavy atom. The third kappa shape index (κ3) is 14.8. The van der Waals surface area contributed by atoms with Gasteiger partial charge in [0.05, 0.1) is 12.1 Å². The number of nitrogens with zero attached hydrogens (tertiary/aromatic N) is 6. The smallest absolute Gasteiger partial charge is 0.323 e. The summed E-state index contributed by atoms with van der Waals surface area (Å²) in [4.78, 5) is 49.3. The molecule has 6 rings (SSSR count). The molecule has 0 radical (unpaired) electrons. The Bertz CT molecular complexity index is 2510. The zero-order chi connectivity index (χ0) is 46.6. The molecule has 64 heavy (non-hydrogen) atoms. The summed E-state index contributed by atoms with van der Waals surface area (Å²) in [5.41, 5.74) is 4.38. The Morgan fingerprint density at radius 1 is 0.641 bits per heavy atom. The Hall–Kier alpha value is -6.02. The molecule has 0 spiro atoms. The van der Waals surface area contributed by atoms with Crippen LogP contribution in [-0.4, -0.2) is 99.9 Å². The number of benzene rings is 4. The average Bonchev–Trinajstić information content (AvgIpc) is 3.97. The minimum atomic E-state index is -1.07. The van der Waals surface area contributed by atoms with Gasteiger partial charge in [0.25, 0.3) is 11.9 Å². The van der Waals surface area contributed by atoms with Crippen LogP contribution < -0.4 is 21.3 Å². The molecule has 7 N–H and O–H groups in total. The van der Waals surface area contributed by atoms with Crippen molar-refractivity contribution in [3.05, 3.63) is 116 Å². The number of H-pyrrole nitrogens is 2. The Balaban J connectivity index is 0.000000243. The normalized spacial score (nSPS) is 13.1. The molecule has 2 heterocycles. The predicted octanol–water partition coefficient (Wildman–Crippen LogP) is 6.83. The molecule has 18 nitrogen and oxygen atoms in total. The largest absolute Gasteiger partial charge is 0.480 e. The SMILES string of the molecule is C[C@H](N[C@@H](Cc1ccc(-c2cc(Cl)ccc2Cl)cc1)C(=O)Nc1nn[nH]n1)C(=O)O.C[C@H](N[C@@H](Cc1ccc(-c2cc(Cl)ccc2Cl)cc1)C(=O)Nc1nn[nH]n1)C(=O)OC(C)(C)C. The van der Waals surface area contributed by atoms with Gasteiger partial charge in [-0.25, -0.2) is 0 Å². The van der Waals surface area contributed by atoms with Gasteiger partial charge in [-0.05, 0) is 117 Å². The number of nitrogens with one attached hydrogen (secondary N) is 6. The lowest BCUT2D eigenvalue weighted by molar-refractivity contribution is -0.157. The molecule has 0 unspecified atom stereocenters. The summed E-state index contributed by atoms with van der Waals surface area (Å²) in [7, 11) is 0. The second-order valence-electron chi connectivity index (χ2n) is 15.3. The highest BCUT2D eigenvalue weighted by Gasteiger charge is 2.28. The van der Waals surface area contributed by atoms with Gasteiger partial charge < -0.3 is 9.84 Å². The lowest BCUT2D eigenvalue weighted by Crippen LogP contribution is -2.50. The molecule has 22 heteroatoms. The molecule has 0 bridgehead atoms. The van der Waals surface area contributed by atoms with Crippen molar-refractivity contribution in [1.82, 2.24) is 51.9 Å².